The molecule has 0 saturated carbocycles. The number of carboxylic acid groups (broad SMARTS) is 1. The minimum atomic E-state index is -1.55. The molecule has 0 fully saturated rings. The van der Waals surface area contributed by atoms with Crippen molar-refractivity contribution in [3.05, 3.63) is 5.76 Å². The quantitative estimate of drug-likeness (QED) is 0.234. The highest BCUT2D eigenvalue weighted by molar-refractivity contribution is 5.79. The Balaban J connectivity index is 3.99. The maximum atomic E-state index is 10.5. The maximum Gasteiger partial charge on any atom is 0.331 e. The topological polar surface area (TPSA) is 95.9 Å². The molecule has 3 N–H and O–H groups in total. The van der Waals surface area contributed by atoms with Crippen molar-refractivity contribution in [2.24, 2.45) is 0 Å². The van der Waals surface area contributed by atoms with Crippen LogP contribution in [0.25, 0.3) is 0 Å². The van der Waals surface area contributed by atoms with Crippen LogP contribution in [-0.4, -0.2) is 34.8 Å². The average molecular weight is 203 g/mol. The molecule has 6 heteroatoms. The van der Waals surface area contributed by atoms with E-state index in [1.54, 1.807) is 0 Å². The molecule has 14 heavy (non-hydrogen) atoms. The number of unbranched alkanes of at least 4 members (excludes halogenated alkanes) is 1. The molecule has 0 aliphatic heterocycles. The van der Waals surface area contributed by atoms with Gasteiger partial charge in [-0.3, -0.25) is 0 Å². The lowest BCUT2D eigenvalue weighted by molar-refractivity contribution is -0.143. The Morgan fingerprint density at radius 1 is 1.57 bits per heavy atom. The molecule has 0 bridgehead atoms. The number of carboxylic acids is 1. The van der Waals surface area contributed by atoms with Gasteiger partial charge in [0, 0.05) is 0 Å². The van der Waals surface area contributed by atoms with E-state index in [2.05, 4.69) is 5.48 Å². The predicted molar refractivity (Wildman–Crippen MR) is 47.3 cm³/mol. The summed E-state index contributed by atoms with van der Waals surface area (Å²) in [6.07, 6.45) is 1.65. The van der Waals surface area contributed by atoms with Crippen LogP contribution in [-0.2, 0) is 14.4 Å². The number of hydroxylamine groups is 1. The van der Waals surface area contributed by atoms with E-state index in [0.29, 0.717) is 6.61 Å². The SMILES string of the molecule is CCCCONC(C(=O)O)C(O)=C=O. The number of hydrogen-bond acceptors (Lipinski definition) is 5. The van der Waals surface area contributed by atoms with Gasteiger partial charge in [0.1, 0.15) is 0 Å². The molecular weight excluding hydrogens is 190 g/mol. The summed E-state index contributed by atoms with van der Waals surface area (Å²) in [4.78, 5) is 25.2. The van der Waals surface area contributed by atoms with Gasteiger partial charge in [0.05, 0.1) is 6.61 Å². The van der Waals surface area contributed by atoms with Gasteiger partial charge in [0.15, 0.2) is 12.0 Å². The van der Waals surface area contributed by atoms with E-state index in [9.17, 15) is 9.59 Å². The minimum absolute atomic E-state index is 0.312. The Bertz CT molecular complexity index is 234. The van der Waals surface area contributed by atoms with Crippen molar-refractivity contribution in [2.45, 2.75) is 25.8 Å². The first-order valence-electron chi connectivity index (χ1n) is 4.17. The van der Waals surface area contributed by atoms with Gasteiger partial charge in [0.2, 0.25) is 5.76 Å². The van der Waals surface area contributed by atoms with Gasteiger partial charge in [-0.05, 0) is 6.42 Å². The number of aliphatic hydroxyl groups excluding tert-OH is 1. The van der Waals surface area contributed by atoms with Gasteiger partial charge in [-0.25, -0.2) is 9.59 Å². The van der Waals surface area contributed by atoms with Crippen LogP contribution in [0.3, 0.4) is 0 Å². The Hall–Kier alpha value is -1.36. The van der Waals surface area contributed by atoms with E-state index < -0.39 is 17.8 Å². The monoisotopic (exact) mass is 203 g/mol. The van der Waals surface area contributed by atoms with Crippen molar-refractivity contribution in [2.75, 3.05) is 6.61 Å². The van der Waals surface area contributed by atoms with Crippen molar-refractivity contribution in [1.82, 2.24) is 5.48 Å². The van der Waals surface area contributed by atoms with Crippen LogP contribution in [0.4, 0.5) is 0 Å². The van der Waals surface area contributed by atoms with Crippen molar-refractivity contribution in [3.8, 4) is 0 Å². The molecule has 1 atom stereocenters. The highest BCUT2D eigenvalue weighted by Crippen LogP contribution is 1.95. The third-order valence-electron chi connectivity index (χ3n) is 1.43. The molecule has 0 spiro atoms. The van der Waals surface area contributed by atoms with Gasteiger partial charge in [-0.1, -0.05) is 13.3 Å². The summed E-state index contributed by atoms with van der Waals surface area (Å²) < 4.78 is 0. The number of carbonyl (C=O) groups excluding carboxylic acids is 1. The van der Waals surface area contributed by atoms with Crippen LogP contribution < -0.4 is 5.48 Å². The summed E-state index contributed by atoms with van der Waals surface area (Å²) in [7, 11) is 0. The molecule has 0 saturated heterocycles. The smallest absolute Gasteiger partial charge is 0.331 e. The van der Waals surface area contributed by atoms with E-state index in [-0.39, 0.29) is 0 Å². The molecule has 0 heterocycles. The zero-order valence-corrected chi connectivity index (χ0v) is 7.82. The standard InChI is InChI=1S/C8H13NO5/c1-2-3-4-14-9-7(8(12)13)6(11)5-10/h7,9,11H,2-4H2,1H3,(H,12,13). The summed E-state index contributed by atoms with van der Waals surface area (Å²) in [5.74, 6) is -1.25. The summed E-state index contributed by atoms with van der Waals surface area (Å²) in [5.41, 5.74) is 2.06. The van der Waals surface area contributed by atoms with E-state index in [0.717, 1.165) is 18.8 Å². The highest BCUT2D eigenvalue weighted by atomic mass is 16.6. The second-order valence-corrected chi connectivity index (χ2v) is 2.58. The Morgan fingerprint density at radius 3 is 2.64 bits per heavy atom. The number of aliphatic carboxylic acids is 1. The van der Waals surface area contributed by atoms with Gasteiger partial charge in [-0.2, -0.15) is 5.48 Å². The molecule has 0 aliphatic carbocycles. The second-order valence-electron chi connectivity index (χ2n) is 2.58. The third kappa shape index (κ3) is 4.61. The fourth-order valence-electron chi connectivity index (χ4n) is 0.641. The molecular formula is C8H13NO5. The maximum absolute atomic E-state index is 10.5. The summed E-state index contributed by atoms with van der Waals surface area (Å²) in [5, 5.41) is 17.3. The first-order valence-corrected chi connectivity index (χ1v) is 4.17. The number of carbonyl (C=O) groups is 1. The number of hydrogen-bond donors (Lipinski definition) is 3. The highest BCUT2D eigenvalue weighted by Gasteiger charge is 2.23. The molecule has 0 radical (unpaired) electrons. The van der Waals surface area contributed by atoms with E-state index >= 15 is 0 Å². The van der Waals surface area contributed by atoms with Gasteiger partial charge in [0.25, 0.3) is 0 Å². The van der Waals surface area contributed by atoms with Crippen LogP contribution in [0.2, 0.25) is 0 Å². The van der Waals surface area contributed by atoms with Crippen LogP contribution in [0.1, 0.15) is 19.8 Å². The molecule has 0 aromatic heterocycles. The van der Waals surface area contributed by atoms with E-state index in [1.165, 1.54) is 0 Å². The fourth-order valence-corrected chi connectivity index (χ4v) is 0.641. The Kier molecular flexibility index (Phi) is 6.39. The van der Waals surface area contributed by atoms with Crippen molar-refractivity contribution >= 4 is 11.9 Å². The normalized spacial score (nSPS) is 11.8. The largest absolute Gasteiger partial charge is 0.500 e. The molecule has 0 amide bonds. The van der Waals surface area contributed by atoms with Crippen LogP contribution in [0.15, 0.2) is 5.76 Å². The average Bonchev–Trinajstić information content (AvgIpc) is 2.16. The second kappa shape index (κ2) is 7.08. The lowest BCUT2D eigenvalue weighted by atomic mass is 10.3. The van der Waals surface area contributed by atoms with Crippen LogP contribution >= 0.6 is 0 Å². The Labute approximate surface area is 81.1 Å². The molecule has 0 aliphatic rings. The number of nitrogens with one attached hydrogen (secondary N) is 1. The predicted octanol–water partition coefficient (Wildman–Crippen LogP) is 0.0344. The molecule has 0 aromatic rings. The Morgan fingerprint density at radius 2 is 2.21 bits per heavy atom. The molecule has 0 rings (SSSR count). The van der Waals surface area contributed by atoms with Crippen LogP contribution in [0.5, 0.6) is 0 Å². The van der Waals surface area contributed by atoms with Crippen molar-refractivity contribution in [3.63, 3.8) is 0 Å². The van der Waals surface area contributed by atoms with Crippen molar-refractivity contribution < 1.29 is 24.6 Å². The summed E-state index contributed by atoms with van der Waals surface area (Å²) in [6.45, 7) is 2.26. The molecule has 80 valence electrons. The first-order chi connectivity index (χ1) is 6.63. The number of aliphatic hydroxyl groups is 1. The first kappa shape index (κ1) is 12.6. The van der Waals surface area contributed by atoms with Gasteiger partial charge < -0.3 is 15.1 Å². The summed E-state index contributed by atoms with van der Waals surface area (Å²) in [6, 6.07) is -1.55. The van der Waals surface area contributed by atoms with E-state index in [1.807, 2.05) is 6.92 Å². The zero-order chi connectivity index (χ0) is 11.0. The molecule has 6 nitrogen and oxygen atoms in total. The molecule has 1 unspecified atom stereocenters. The minimum Gasteiger partial charge on any atom is -0.500 e. The summed E-state index contributed by atoms with van der Waals surface area (Å²) >= 11 is 0. The lowest BCUT2D eigenvalue weighted by Crippen LogP contribution is -2.38. The van der Waals surface area contributed by atoms with Gasteiger partial charge >= 0.3 is 5.97 Å². The molecule has 0 aromatic carbocycles. The number of rotatable bonds is 7. The van der Waals surface area contributed by atoms with Crippen LogP contribution in [0, 0.1) is 0 Å². The van der Waals surface area contributed by atoms with Crippen molar-refractivity contribution in [1.29, 1.82) is 0 Å². The third-order valence-corrected chi connectivity index (χ3v) is 1.43. The van der Waals surface area contributed by atoms with Gasteiger partial charge in [-0.15, -0.1) is 0 Å². The lowest BCUT2D eigenvalue weighted by Gasteiger charge is -2.10. The zero-order valence-electron chi connectivity index (χ0n) is 7.82. The van der Waals surface area contributed by atoms with E-state index in [4.69, 9.17) is 15.1 Å². The fraction of sp³-hybridized carbons (Fsp3) is 0.625.